The average Bonchev–Trinajstić information content (AvgIpc) is 3.57. The van der Waals surface area contributed by atoms with Gasteiger partial charge in [-0.2, -0.15) is 0 Å². The second-order valence-corrected chi connectivity index (χ2v) is 8.94. The van der Waals surface area contributed by atoms with Gasteiger partial charge in [-0.3, -0.25) is 0 Å². The normalized spacial score (nSPS) is 40.5. The molecule has 0 bridgehead atoms. The summed E-state index contributed by atoms with van der Waals surface area (Å²) in [6.45, 7) is 8.36. The first-order valence-electron chi connectivity index (χ1n) is 10.4. The number of rotatable bonds is 8. The van der Waals surface area contributed by atoms with Crippen molar-refractivity contribution in [1.82, 2.24) is 0 Å². The van der Waals surface area contributed by atoms with Crippen LogP contribution in [0.4, 0.5) is 0 Å². The highest BCUT2D eigenvalue weighted by Gasteiger charge is 2.72. The predicted molar refractivity (Wildman–Crippen MR) is 106 cm³/mol. The van der Waals surface area contributed by atoms with Crippen LogP contribution in [0.5, 0.6) is 0 Å². The Morgan fingerprint density at radius 3 is 2.59 bits per heavy atom. The number of hydrogen-bond acceptors (Lipinski definition) is 7. The molecule has 164 valence electrons. The molecule has 3 rings (SSSR count). The first-order valence-corrected chi connectivity index (χ1v) is 10.4. The van der Waals surface area contributed by atoms with Crippen molar-refractivity contribution in [2.75, 3.05) is 13.7 Å². The standard InChI is InChI=1S/C22H34O7/c1-13(2)6-8-17-21(4,29-17)20-19(26-5)16(10-11-22(20)12-27-22)28-18(25)9-7-15(24)14(3)23/h6-7,9,14-17,19-20,23-24H,8,10-12H2,1-5H3/b9-7+/t14?,15?,16-,17+,19+,20+,21-,22-/m0/s1. The number of aliphatic hydroxyl groups is 2. The molecule has 3 aliphatic rings. The van der Waals surface area contributed by atoms with Gasteiger partial charge in [-0.1, -0.05) is 11.6 Å². The molecule has 1 spiro atoms. The Bertz CT molecular complexity index is 662. The highest BCUT2D eigenvalue weighted by Crippen LogP contribution is 2.59. The Morgan fingerprint density at radius 2 is 2.03 bits per heavy atom. The molecule has 0 aromatic rings. The lowest BCUT2D eigenvalue weighted by Gasteiger charge is -2.42. The van der Waals surface area contributed by atoms with E-state index in [1.165, 1.54) is 18.6 Å². The number of hydrogen-bond donors (Lipinski definition) is 2. The summed E-state index contributed by atoms with van der Waals surface area (Å²) >= 11 is 0. The second kappa shape index (κ2) is 8.47. The highest BCUT2D eigenvalue weighted by atomic mass is 16.6. The molecule has 1 aliphatic carbocycles. The second-order valence-electron chi connectivity index (χ2n) is 8.94. The van der Waals surface area contributed by atoms with E-state index in [0.29, 0.717) is 13.0 Å². The predicted octanol–water partition coefficient (Wildman–Crippen LogP) is 1.90. The molecule has 29 heavy (non-hydrogen) atoms. The minimum Gasteiger partial charge on any atom is -0.456 e. The van der Waals surface area contributed by atoms with Gasteiger partial charge in [-0.25, -0.2) is 4.79 Å². The van der Waals surface area contributed by atoms with E-state index in [-0.39, 0.29) is 29.3 Å². The lowest BCUT2D eigenvalue weighted by atomic mass is 9.68. The van der Waals surface area contributed by atoms with Crippen LogP contribution in [0.1, 0.15) is 47.0 Å². The number of epoxide rings is 2. The maximum atomic E-state index is 12.3. The van der Waals surface area contributed by atoms with E-state index in [9.17, 15) is 15.0 Å². The van der Waals surface area contributed by atoms with Crippen molar-refractivity contribution in [1.29, 1.82) is 0 Å². The fraction of sp³-hybridized carbons (Fsp3) is 0.773. The zero-order valence-electron chi connectivity index (χ0n) is 18.0. The number of esters is 1. The maximum Gasteiger partial charge on any atom is 0.330 e. The summed E-state index contributed by atoms with van der Waals surface area (Å²) in [5.41, 5.74) is 0.605. The largest absolute Gasteiger partial charge is 0.456 e. The number of carbonyl (C=O) groups excluding carboxylic acids is 1. The summed E-state index contributed by atoms with van der Waals surface area (Å²) in [6.07, 6.45) is 4.09. The number of carbonyl (C=O) groups is 1. The van der Waals surface area contributed by atoms with Crippen LogP contribution in [0.25, 0.3) is 0 Å². The van der Waals surface area contributed by atoms with Gasteiger partial charge in [-0.05, 0) is 53.0 Å². The molecule has 2 saturated heterocycles. The number of methoxy groups -OCH3 is 1. The van der Waals surface area contributed by atoms with E-state index >= 15 is 0 Å². The fourth-order valence-electron chi connectivity index (χ4n) is 4.60. The molecular weight excluding hydrogens is 376 g/mol. The summed E-state index contributed by atoms with van der Waals surface area (Å²) in [7, 11) is 1.63. The van der Waals surface area contributed by atoms with Crippen molar-refractivity contribution in [3.8, 4) is 0 Å². The molecule has 7 heteroatoms. The molecular formula is C22H34O7. The number of aliphatic hydroxyl groups excluding tert-OH is 2. The van der Waals surface area contributed by atoms with E-state index in [0.717, 1.165) is 18.9 Å². The van der Waals surface area contributed by atoms with E-state index < -0.39 is 24.3 Å². The topological polar surface area (TPSA) is 101 Å². The van der Waals surface area contributed by atoms with Gasteiger partial charge in [0, 0.05) is 13.2 Å². The van der Waals surface area contributed by atoms with Crippen molar-refractivity contribution in [2.45, 2.75) is 88.7 Å². The molecule has 0 aromatic heterocycles. The van der Waals surface area contributed by atoms with Crippen LogP contribution in [0.3, 0.4) is 0 Å². The van der Waals surface area contributed by atoms with E-state index in [1.807, 2.05) is 0 Å². The molecule has 2 unspecified atom stereocenters. The fourth-order valence-corrected chi connectivity index (χ4v) is 4.60. The Balaban J connectivity index is 1.70. The van der Waals surface area contributed by atoms with Gasteiger partial charge in [0.1, 0.15) is 23.4 Å². The molecule has 2 N–H and O–H groups in total. The quantitative estimate of drug-likeness (QED) is 0.273. The first kappa shape index (κ1) is 22.4. The van der Waals surface area contributed by atoms with Crippen molar-refractivity contribution in [2.24, 2.45) is 5.92 Å². The maximum absolute atomic E-state index is 12.3. The van der Waals surface area contributed by atoms with Gasteiger partial charge in [0.15, 0.2) is 0 Å². The highest BCUT2D eigenvalue weighted by molar-refractivity contribution is 5.82. The van der Waals surface area contributed by atoms with Crippen LogP contribution in [0.2, 0.25) is 0 Å². The van der Waals surface area contributed by atoms with Crippen molar-refractivity contribution in [3.63, 3.8) is 0 Å². The van der Waals surface area contributed by atoms with Gasteiger partial charge < -0.3 is 29.2 Å². The molecule has 0 aromatic carbocycles. The van der Waals surface area contributed by atoms with Gasteiger partial charge in [-0.15, -0.1) is 0 Å². The van der Waals surface area contributed by atoms with Crippen molar-refractivity contribution in [3.05, 3.63) is 23.8 Å². The van der Waals surface area contributed by atoms with Crippen LogP contribution in [-0.2, 0) is 23.7 Å². The van der Waals surface area contributed by atoms with E-state index in [1.54, 1.807) is 7.11 Å². The van der Waals surface area contributed by atoms with Crippen LogP contribution in [0, 0.1) is 5.92 Å². The molecule has 0 amide bonds. The number of ether oxygens (including phenoxy) is 4. The zero-order chi connectivity index (χ0) is 21.4. The van der Waals surface area contributed by atoms with Gasteiger partial charge in [0.2, 0.25) is 0 Å². The molecule has 7 nitrogen and oxygen atoms in total. The molecule has 8 atom stereocenters. The molecule has 3 fully saturated rings. The van der Waals surface area contributed by atoms with Crippen LogP contribution < -0.4 is 0 Å². The Labute approximate surface area is 172 Å². The molecule has 2 heterocycles. The SMILES string of the molecule is CO[C@@H]1[C@@H](OC(=O)/C=C/C(O)C(C)O)CC[C@]2(CO2)[C@H]1[C@@]1(C)O[C@@H]1CC=C(C)C. The van der Waals surface area contributed by atoms with Crippen LogP contribution in [-0.4, -0.2) is 71.6 Å². The smallest absolute Gasteiger partial charge is 0.330 e. The van der Waals surface area contributed by atoms with Gasteiger partial charge in [0.25, 0.3) is 0 Å². The summed E-state index contributed by atoms with van der Waals surface area (Å²) in [4.78, 5) is 12.3. The van der Waals surface area contributed by atoms with Crippen LogP contribution >= 0.6 is 0 Å². The molecule has 0 radical (unpaired) electrons. The van der Waals surface area contributed by atoms with E-state index in [4.69, 9.17) is 18.9 Å². The zero-order valence-corrected chi connectivity index (χ0v) is 18.0. The Kier molecular flexibility index (Phi) is 6.56. The van der Waals surface area contributed by atoms with E-state index in [2.05, 4.69) is 26.8 Å². The van der Waals surface area contributed by atoms with Crippen molar-refractivity contribution < 1.29 is 34.0 Å². The Hall–Kier alpha value is -1.25. The average molecular weight is 411 g/mol. The third-order valence-electron chi connectivity index (χ3n) is 6.43. The first-order chi connectivity index (χ1) is 13.6. The summed E-state index contributed by atoms with van der Waals surface area (Å²) in [6, 6.07) is 0. The van der Waals surface area contributed by atoms with Gasteiger partial charge in [0.05, 0.1) is 30.8 Å². The third kappa shape index (κ3) is 4.75. The minimum absolute atomic E-state index is 0.0332. The van der Waals surface area contributed by atoms with Crippen LogP contribution in [0.15, 0.2) is 23.8 Å². The monoisotopic (exact) mass is 410 g/mol. The summed E-state index contributed by atoms with van der Waals surface area (Å²) in [5, 5.41) is 19.0. The van der Waals surface area contributed by atoms with Gasteiger partial charge >= 0.3 is 5.97 Å². The molecule has 2 aliphatic heterocycles. The lowest BCUT2D eigenvalue weighted by molar-refractivity contribution is -0.166. The number of allylic oxidation sites excluding steroid dienone is 1. The molecule has 1 saturated carbocycles. The minimum atomic E-state index is -1.11. The summed E-state index contributed by atoms with van der Waals surface area (Å²) < 4.78 is 23.5. The third-order valence-corrected chi connectivity index (χ3v) is 6.43. The summed E-state index contributed by atoms with van der Waals surface area (Å²) in [5.74, 6) is -0.597. The lowest BCUT2D eigenvalue weighted by Crippen LogP contribution is -2.55. The Morgan fingerprint density at radius 1 is 1.34 bits per heavy atom. The van der Waals surface area contributed by atoms with Crippen molar-refractivity contribution >= 4 is 5.97 Å².